The molecule has 0 unspecified atom stereocenters. The number of aromatic nitrogens is 1. The molecular weight excluding hydrogens is 134 g/mol. The van der Waals surface area contributed by atoms with Gasteiger partial charge in [-0.3, -0.25) is 4.98 Å². The summed E-state index contributed by atoms with van der Waals surface area (Å²) in [6, 6.07) is 3.90. The van der Waals surface area contributed by atoms with Gasteiger partial charge in [0.05, 0.1) is 5.69 Å². The minimum atomic E-state index is 0.977. The van der Waals surface area contributed by atoms with Crippen LogP contribution in [0.15, 0.2) is 31.0 Å². The molecular formula is C10H11N. The Morgan fingerprint density at radius 3 is 3.00 bits per heavy atom. The summed E-state index contributed by atoms with van der Waals surface area (Å²) in [5.74, 6) is 0. The normalized spacial score (nSPS) is 10.3. The summed E-state index contributed by atoms with van der Waals surface area (Å²) in [6.45, 7) is 5.67. The molecule has 1 aromatic heterocycles. The lowest BCUT2D eigenvalue weighted by Gasteiger charge is -1.96. The third kappa shape index (κ3) is 1.77. The highest BCUT2D eigenvalue weighted by Crippen LogP contribution is 2.07. The summed E-state index contributed by atoms with van der Waals surface area (Å²) < 4.78 is 0. The lowest BCUT2D eigenvalue weighted by Crippen LogP contribution is -1.83. The van der Waals surface area contributed by atoms with Gasteiger partial charge in [-0.05, 0) is 24.6 Å². The minimum absolute atomic E-state index is 0.977. The van der Waals surface area contributed by atoms with E-state index >= 15 is 0 Å². The summed E-state index contributed by atoms with van der Waals surface area (Å²) in [4.78, 5) is 4.18. The highest BCUT2D eigenvalue weighted by Gasteiger charge is 1.92. The molecule has 1 heteroatoms. The van der Waals surface area contributed by atoms with E-state index in [-0.39, 0.29) is 0 Å². The Morgan fingerprint density at radius 2 is 2.36 bits per heavy atom. The van der Waals surface area contributed by atoms with E-state index < -0.39 is 0 Å². The first kappa shape index (κ1) is 7.73. The van der Waals surface area contributed by atoms with Gasteiger partial charge < -0.3 is 0 Å². The Bertz CT molecular complexity index is 274. The molecule has 11 heavy (non-hydrogen) atoms. The zero-order chi connectivity index (χ0) is 8.10. The molecule has 1 rings (SSSR count). The van der Waals surface area contributed by atoms with Crippen LogP contribution in [0.5, 0.6) is 0 Å². The van der Waals surface area contributed by atoms with Gasteiger partial charge >= 0.3 is 0 Å². The van der Waals surface area contributed by atoms with Crippen molar-refractivity contribution in [3.8, 4) is 0 Å². The smallest absolute Gasteiger partial charge is 0.0698 e. The molecule has 0 aliphatic carbocycles. The number of hydrogen-bond donors (Lipinski definition) is 0. The fraction of sp³-hybridized carbons (Fsp3) is 0.100. The molecule has 0 radical (unpaired) electrons. The van der Waals surface area contributed by atoms with Gasteiger partial charge in [0, 0.05) is 6.20 Å². The summed E-state index contributed by atoms with van der Waals surface area (Å²) in [6.07, 6.45) is 7.52. The Balaban J connectivity index is 3.11. The summed E-state index contributed by atoms with van der Waals surface area (Å²) >= 11 is 0. The quantitative estimate of drug-likeness (QED) is 0.623. The highest BCUT2D eigenvalue weighted by molar-refractivity contribution is 5.60. The molecule has 0 aliphatic heterocycles. The minimum Gasteiger partial charge on any atom is -0.256 e. The van der Waals surface area contributed by atoms with Crippen molar-refractivity contribution in [2.45, 2.75) is 6.92 Å². The average Bonchev–Trinajstić information content (AvgIpc) is 2.06. The Hall–Kier alpha value is -1.37. The monoisotopic (exact) mass is 145 g/mol. The van der Waals surface area contributed by atoms with E-state index in [4.69, 9.17) is 0 Å². The van der Waals surface area contributed by atoms with Crippen molar-refractivity contribution < 1.29 is 0 Å². The van der Waals surface area contributed by atoms with Crippen LogP contribution < -0.4 is 0 Å². The third-order valence-electron chi connectivity index (χ3n) is 1.42. The Kier molecular flexibility index (Phi) is 2.61. The van der Waals surface area contributed by atoms with Crippen LogP contribution in [0.1, 0.15) is 18.2 Å². The van der Waals surface area contributed by atoms with Gasteiger partial charge in [-0.25, -0.2) is 0 Å². The molecule has 0 aliphatic rings. The molecule has 56 valence electrons. The fourth-order valence-corrected chi connectivity index (χ4v) is 0.900. The first-order chi connectivity index (χ1) is 5.38. The third-order valence-corrected chi connectivity index (χ3v) is 1.42. The zero-order valence-electron chi connectivity index (χ0n) is 6.62. The van der Waals surface area contributed by atoms with Crippen molar-refractivity contribution in [2.24, 2.45) is 0 Å². The number of hydrogen-bond acceptors (Lipinski definition) is 1. The van der Waals surface area contributed by atoms with Gasteiger partial charge in [0.25, 0.3) is 0 Å². The van der Waals surface area contributed by atoms with Crippen molar-refractivity contribution in [3.63, 3.8) is 0 Å². The van der Waals surface area contributed by atoms with Crippen LogP contribution in [0.3, 0.4) is 0 Å². The molecule has 0 fully saturated rings. The second-order valence-electron chi connectivity index (χ2n) is 2.18. The summed E-state index contributed by atoms with van der Waals surface area (Å²) in [5.41, 5.74) is 2.05. The van der Waals surface area contributed by atoms with Crippen molar-refractivity contribution in [1.82, 2.24) is 4.98 Å². The van der Waals surface area contributed by atoms with Crippen molar-refractivity contribution in [3.05, 3.63) is 42.2 Å². The summed E-state index contributed by atoms with van der Waals surface area (Å²) in [7, 11) is 0. The lowest BCUT2D eigenvalue weighted by atomic mass is 10.2. The second-order valence-corrected chi connectivity index (χ2v) is 2.18. The molecule has 1 heterocycles. The van der Waals surface area contributed by atoms with Crippen molar-refractivity contribution in [2.75, 3.05) is 0 Å². The van der Waals surface area contributed by atoms with Gasteiger partial charge in [-0.15, -0.1) is 0 Å². The molecule has 0 bridgehead atoms. The van der Waals surface area contributed by atoms with E-state index in [0.717, 1.165) is 11.3 Å². The second kappa shape index (κ2) is 3.71. The topological polar surface area (TPSA) is 12.9 Å². The first-order valence-corrected chi connectivity index (χ1v) is 3.58. The molecule has 0 N–H and O–H groups in total. The standard InChI is InChI=1S/C10H11N/c1-3-6-10-9(4-2)7-5-8-11-10/h3-8H,2H2,1H3/b6-3-. The molecule has 0 atom stereocenters. The van der Waals surface area contributed by atoms with E-state index in [1.54, 1.807) is 6.20 Å². The maximum atomic E-state index is 4.18. The van der Waals surface area contributed by atoms with Crippen LogP contribution in [-0.4, -0.2) is 4.98 Å². The molecule has 0 amide bonds. The van der Waals surface area contributed by atoms with Gasteiger partial charge in [0.2, 0.25) is 0 Å². The van der Waals surface area contributed by atoms with Gasteiger partial charge in [0.1, 0.15) is 0 Å². The van der Waals surface area contributed by atoms with E-state index in [0.29, 0.717) is 0 Å². The van der Waals surface area contributed by atoms with Gasteiger partial charge in [0.15, 0.2) is 0 Å². The van der Waals surface area contributed by atoms with Crippen LogP contribution in [-0.2, 0) is 0 Å². The van der Waals surface area contributed by atoms with Crippen LogP contribution in [0.25, 0.3) is 12.2 Å². The predicted molar refractivity (Wildman–Crippen MR) is 49.0 cm³/mol. The number of nitrogens with zero attached hydrogens (tertiary/aromatic N) is 1. The fourth-order valence-electron chi connectivity index (χ4n) is 0.900. The van der Waals surface area contributed by atoms with Crippen molar-refractivity contribution in [1.29, 1.82) is 0 Å². The van der Waals surface area contributed by atoms with E-state index in [2.05, 4.69) is 11.6 Å². The zero-order valence-corrected chi connectivity index (χ0v) is 6.62. The molecule has 0 aromatic carbocycles. The van der Waals surface area contributed by atoms with E-state index in [1.165, 1.54) is 0 Å². The molecule has 0 spiro atoms. The predicted octanol–water partition coefficient (Wildman–Crippen LogP) is 2.76. The highest BCUT2D eigenvalue weighted by atomic mass is 14.7. The van der Waals surface area contributed by atoms with Crippen molar-refractivity contribution >= 4 is 12.2 Å². The maximum Gasteiger partial charge on any atom is 0.0698 e. The van der Waals surface area contributed by atoms with Gasteiger partial charge in [-0.2, -0.15) is 0 Å². The molecule has 0 saturated carbocycles. The van der Waals surface area contributed by atoms with E-state index in [9.17, 15) is 0 Å². The van der Waals surface area contributed by atoms with Gasteiger partial charge in [-0.1, -0.05) is 24.8 Å². The van der Waals surface area contributed by atoms with Crippen LogP contribution >= 0.6 is 0 Å². The van der Waals surface area contributed by atoms with Crippen LogP contribution in [0, 0.1) is 0 Å². The number of rotatable bonds is 2. The maximum absolute atomic E-state index is 4.18. The molecule has 0 saturated heterocycles. The lowest BCUT2D eigenvalue weighted by molar-refractivity contribution is 1.28. The number of pyridine rings is 1. The molecule has 1 aromatic rings. The molecule has 1 nitrogen and oxygen atoms in total. The van der Waals surface area contributed by atoms with Crippen LogP contribution in [0.2, 0.25) is 0 Å². The number of allylic oxidation sites excluding steroid dienone is 1. The SMILES string of the molecule is C=Cc1cccnc1/C=C\C. The average molecular weight is 145 g/mol. The largest absolute Gasteiger partial charge is 0.256 e. The van der Waals surface area contributed by atoms with E-state index in [1.807, 2.05) is 37.3 Å². The first-order valence-electron chi connectivity index (χ1n) is 3.58. The Morgan fingerprint density at radius 1 is 1.55 bits per heavy atom. The summed E-state index contributed by atoms with van der Waals surface area (Å²) in [5, 5.41) is 0. The van der Waals surface area contributed by atoms with Crippen LogP contribution in [0.4, 0.5) is 0 Å². The Labute approximate surface area is 67.1 Å².